The molecule has 2 rings (SSSR count). The first-order valence-electron chi connectivity index (χ1n) is 8.02. The Kier molecular flexibility index (Phi) is 6.77. The molecule has 0 heterocycles. The fourth-order valence-corrected chi connectivity index (χ4v) is 2.09. The van der Waals surface area contributed by atoms with Gasteiger partial charge in [-0.25, -0.2) is 4.79 Å². The number of carbonyl (C=O) groups is 2. The third-order valence-corrected chi connectivity index (χ3v) is 3.33. The second-order valence-corrected chi connectivity index (χ2v) is 5.31. The lowest BCUT2D eigenvalue weighted by molar-refractivity contribution is -0.111. The molecule has 5 nitrogen and oxygen atoms in total. The highest BCUT2D eigenvalue weighted by atomic mass is 16.5. The summed E-state index contributed by atoms with van der Waals surface area (Å²) < 4.78 is 10.2. The van der Waals surface area contributed by atoms with Gasteiger partial charge in [0.15, 0.2) is 0 Å². The van der Waals surface area contributed by atoms with Crippen LogP contribution >= 0.6 is 0 Å². The molecule has 25 heavy (non-hydrogen) atoms. The van der Waals surface area contributed by atoms with Gasteiger partial charge in [-0.1, -0.05) is 25.1 Å². The van der Waals surface area contributed by atoms with E-state index in [0.717, 1.165) is 17.7 Å². The van der Waals surface area contributed by atoms with Crippen molar-refractivity contribution in [2.24, 2.45) is 0 Å². The van der Waals surface area contributed by atoms with Crippen molar-refractivity contribution in [2.75, 3.05) is 19.0 Å². The first-order valence-corrected chi connectivity index (χ1v) is 8.02. The van der Waals surface area contributed by atoms with Crippen molar-refractivity contribution in [2.45, 2.75) is 13.3 Å². The highest BCUT2D eigenvalue weighted by Gasteiger charge is 2.06. The van der Waals surface area contributed by atoms with Gasteiger partial charge in [0.25, 0.3) is 0 Å². The Morgan fingerprint density at radius 2 is 1.88 bits per heavy atom. The van der Waals surface area contributed by atoms with E-state index in [-0.39, 0.29) is 5.91 Å². The first-order chi connectivity index (χ1) is 12.1. The summed E-state index contributed by atoms with van der Waals surface area (Å²) in [6.07, 6.45) is 4.11. The smallest absolute Gasteiger partial charge is 0.337 e. The zero-order chi connectivity index (χ0) is 18.1. The summed E-state index contributed by atoms with van der Waals surface area (Å²) in [6, 6.07) is 14.1. The Balaban J connectivity index is 1.95. The molecular formula is C20H21NO4. The highest BCUT2D eigenvalue weighted by Crippen LogP contribution is 2.14. The SMILES string of the molecule is CCCOc1ccc(/C=C/C(=O)Nc2cccc(C(=O)OC)c2)cc1. The Morgan fingerprint density at radius 1 is 1.12 bits per heavy atom. The summed E-state index contributed by atoms with van der Waals surface area (Å²) in [5, 5.41) is 2.71. The van der Waals surface area contributed by atoms with Crippen molar-refractivity contribution in [1.82, 2.24) is 0 Å². The predicted molar refractivity (Wildman–Crippen MR) is 97.7 cm³/mol. The average Bonchev–Trinajstić information content (AvgIpc) is 2.65. The van der Waals surface area contributed by atoms with Crippen LogP contribution in [0.25, 0.3) is 6.08 Å². The van der Waals surface area contributed by atoms with Crippen LogP contribution in [0.15, 0.2) is 54.6 Å². The Bertz CT molecular complexity index is 751. The van der Waals surface area contributed by atoms with Crippen molar-refractivity contribution in [3.63, 3.8) is 0 Å². The van der Waals surface area contributed by atoms with Crippen LogP contribution in [0.1, 0.15) is 29.3 Å². The van der Waals surface area contributed by atoms with E-state index >= 15 is 0 Å². The number of carbonyl (C=O) groups excluding carboxylic acids is 2. The lowest BCUT2D eigenvalue weighted by atomic mass is 10.2. The number of methoxy groups -OCH3 is 1. The summed E-state index contributed by atoms with van der Waals surface area (Å²) >= 11 is 0. The molecule has 130 valence electrons. The molecule has 2 aromatic carbocycles. The summed E-state index contributed by atoms with van der Waals surface area (Å²) in [6.45, 7) is 2.73. The van der Waals surface area contributed by atoms with Gasteiger partial charge in [0, 0.05) is 11.8 Å². The number of benzene rings is 2. The number of hydrogen-bond acceptors (Lipinski definition) is 4. The molecule has 2 aromatic rings. The van der Waals surface area contributed by atoms with E-state index in [9.17, 15) is 9.59 Å². The molecule has 0 spiro atoms. The molecule has 0 unspecified atom stereocenters. The molecule has 0 saturated carbocycles. The van der Waals surface area contributed by atoms with Gasteiger partial charge >= 0.3 is 5.97 Å². The Labute approximate surface area is 147 Å². The molecule has 0 aliphatic rings. The molecular weight excluding hydrogens is 318 g/mol. The molecule has 0 saturated heterocycles. The van der Waals surface area contributed by atoms with Gasteiger partial charge in [0.2, 0.25) is 5.91 Å². The summed E-state index contributed by atoms with van der Waals surface area (Å²) in [5.41, 5.74) is 1.80. The highest BCUT2D eigenvalue weighted by molar-refractivity contribution is 6.02. The quantitative estimate of drug-likeness (QED) is 0.613. The van der Waals surface area contributed by atoms with Crippen molar-refractivity contribution in [3.8, 4) is 5.75 Å². The second kappa shape index (κ2) is 9.27. The van der Waals surface area contributed by atoms with Gasteiger partial charge in [-0.3, -0.25) is 4.79 Å². The normalized spacial score (nSPS) is 10.5. The van der Waals surface area contributed by atoms with Crippen LogP contribution < -0.4 is 10.1 Å². The minimum Gasteiger partial charge on any atom is -0.494 e. The monoisotopic (exact) mass is 339 g/mol. The van der Waals surface area contributed by atoms with Crippen LogP contribution in [0.5, 0.6) is 5.75 Å². The van der Waals surface area contributed by atoms with Crippen LogP contribution in [0.3, 0.4) is 0 Å². The molecule has 0 aromatic heterocycles. The van der Waals surface area contributed by atoms with E-state index in [1.807, 2.05) is 24.3 Å². The summed E-state index contributed by atoms with van der Waals surface area (Å²) in [4.78, 5) is 23.5. The van der Waals surface area contributed by atoms with Gasteiger partial charge in [0.1, 0.15) is 5.75 Å². The number of rotatable bonds is 7. The average molecular weight is 339 g/mol. The number of hydrogen-bond donors (Lipinski definition) is 1. The number of esters is 1. The largest absolute Gasteiger partial charge is 0.494 e. The van der Waals surface area contributed by atoms with Crippen molar-refractivity contribution in [1.29, 1.82) is 0 Å². The Morgan fingerprint density at radius 3 is 2.56 bits per heavy atom. The van der Waals surface area contributed by atoms with Gasteiger partial charge < -0.3 is 14.8 Å². The van der Waals surface area contributed by atoms with E-state index in [0.29, 0.717) is 17.9 Å². The second-order valence-electron chi connectivity index (χ2n) is 5.31. The molecule has 1 amide bonds. The minimum absolute atomic E-state index is 0.284. The number of nitrogens with one attached hydrogen (secondary N) is 1. The van der Waals surface area contributed by atoms with Crippen LogP contribution in [0, 0.1) is 0 Å². The lowest BCUT2D eigenvalue weighted by Crippen LogP contribution is -2.09. The maximum atomic E-state index is 12.0. The zero-order valence-corrected chi connectivity index (χ0v) is 14.3. The maximum absolute atomic E-state index is 12.0. The topological polar surface area (TPSA) is 64.6 Å². The first kappa shape index (κ1) is 18.3. The predicted octanol–water partition coefficient (Wildman–Crippen LogP) is 3.91. The lowest BCUT2D eigenvalue weighted by Gasteiger charge is -2.05. The number of ether oxygens (including phenoxy) is 2. The molecule has 0 fully saturated rings. The zero-order valence-electron chi connectivity index (χ0n) is 14.3. The van der Waals surface area contributed by atoms with E-state index in [4.69, 9.17) is 4.74 Å². The van der Waals surface area contributed by atoms with Gasteiger partial charge in [-0.05, 0) is 48.4 Å². The van der Waals surface area contributed by atoms with Crippen LogP contribution in [0.2, 0.25) is 0 Å². The van der Waals surface area contributed by atoms with Gasteiger partial charge in [-0.2, -0.15) is 0 Å². The third kappa shape index (κ3) is 5.80. The summed E-state index contributed by atoms with van der Waals surface area (Å²) in [5.74, 6) is 0.0772. The van der Waals surface area contributed by atoms with Crippen molar-refractivity contribution in [3.05, 3.63) is 65.7 Å². The van der Waals surface area contributed by atoms with E-state index in [1.165, 1.54) is 13.2 Å². The number of anilines is 1. The molecule has 0 radical (unpaired) electrons. The molecule has 0 atom stereocenters. The van der Waals surface area contributed by atoms with Gasteiger partial charge in [0.05, 0.1) is 19.3 Å². The Hall–Kier alpha value is -3.08. The molecule has 0 bridgehead atoms. The van der Waals surface area contributed by atoms with Crippen molar-refractivity contribution >= 4 is 23.6 Å². The molecule has 1 N–H and O–H groups in total. The fraction of sp³-hybridized carbons (Fsp3) is 0.200. The number of amides is 1. The van der Waals surface area contributed by atoms with Crippen LogP contribution in [-0.4, -0.2) is 25.6 Å². The molecule has 5 heteroatoms. The summed E-state index contributed by atoms with van der Waals surface area (Å²) in [7, 11) is 1.31. The van der Waals surface area contributed by atoms with E-state index in [2.05, 4.69) is 17.0 Å². The van der Waals surface area contributed by atoms with Crippen molar-refractivity contribution < 1.29 is 19.1 Å². The third-order valence-electron chi connectivity index (χ3n) is 3.33. The molecule has 0 aliphatic carbocycles. The standard InChI is InChI=1S/C20H21NO4/c1-3-13-25-18-10-7-15(8-11-18)9-12-19(22)21-17-6-4-5-16(14-17)20(23)24-2/h4-12,14H,3,13H2,1-2H3,(H,21,22)/b12-9+. The fourth-order valence-electron chi connectivity index (χ4n) is 2.09. The van der Waals surface area contributed by atoms with Crippen LogP contribution in [0.4, 0.5) is 5.69 Å². The van der Waals surface area contributed by atoms with E-state index in [1.54, 1.807) is 30.3 Å². The van der Waals surface area contributed by atoms with Crippen LogP contribution in [-0.2, 0) is 9.53 Å². The molecule has 0 aliphatic heterocycles. The van der Waals surface area contributed by atoms with E-state index < -0.39 is 5.97 Å². The van der Waals surface area contributed by atoms with Gasteiger partial charge in [-0.15, -0.1) is 0 Å². The minimum atomic E-state index is -0.447. The maximum Gasteiger partial charge on any atom is 0.337 e.